The van der Waals surface area contributed by atoms with Gasteiger partial charge < -0.3 is 10.2 Å². The fourth-order valence-electron chi connectivity index (χ4n) is 3.71. The third kappa shape index (κ3) is 4.38. The third-order valence-corrected chi connectivity index (χ3v) is 6.45. The molecule has 1 aromatic heterocycles. The van der Waals surface area contributed by atoms with Crippen molar-refractivity contribution in [3.63, 3.8) is 0 Å². The first-order valence-corrected chi connectivity index (χ1v) is 11.5. The third-order valence-electron chi connectivity index (χ3n) is 5.49. The summed E-state index contributed by atoms with van der Waals surface area (Å²) in [7, 11) is 0. The Bertz CT molecular complexity index is 1030. The number of nitrogens with one attached hydrogen (secondary N) is 1. The van der Waals surface area contributed by atoms with Crippen LogP contribution in [0.4, 0.5) is 11.4 Å². The van der Waals surface area contributed by atoms with Crippen LogP contribution in [0.2, 0.25) is 0 Å². The van der Waals surface area contributed by atoms with Gasteiger partial charge in [-0.25, -0.2) is 4.68 Å². The van der Waals surface area contributed by atoms with Gasteiger partial charge in [0.15, 0.2) is 5.17 Å². The first-order chi connectivity index (χ1) is 14.6. The Morgan fingerprint density at radius 1 is 1.10 bits per heavy atom. The number of thioether (sulfide) groups is 1. The van der Waals surface area contributed by atoms with Crippen molar-refractivity contribution in [3.8, 4) is 5.69 Å². The van der Waals surface area contributed by atoms with Crippen molar-refractivity contribution < 1.29 is 0 Å². The maximum absolute atomic E-state index is 4.93. The molecule has 6 heteroatoms. The average Bonchev–Trinajstić information content (AvgIpc) is 3.40. The van der Waals surface area contributed by atoms with E-state index in [0.717, 1.165) is 40.9 Å². The molecule has 0 saturated carbocycles. The van der Waals surface area contributed by atoms with Gasteiger partial charge in [-0.2, -0.15) is 5.10 Å². The molecule has 2 heterocycles. The van der Waals surface area contributed by atoms with Crippen LogP contribution in [0.15, 0.2) is 59.9 Å². The first-order valence-electron chi connectivity index (χ1n) is 10.5. The van der Waals surface area contributed by atoms with Crippen LogP contribution in [0.5, 0.6) is 0 Å². The zero-order valence-corrected chi connectivity index (χ0v) is 18.9. The Hall–Kier alpha value is -2.73. The highest BCUT2D eigenvalue weighted by atomic mass is 32.2. The van der Waals surface area contributed by atoms with Crippen molar-refractivity contribution in [1.82, 2.24) is 9.78 Å². The normalized spacial score (nSPS) is 15.9. The summed E-state index contributed by atoms with van der Waals surface area (Å²) in [6.45, 7) is 10.6. The Balaban J connectivity index is 1.45. The maximum atomic E-state index is 4.93. The summed E-state index contributed by atoms with van der Waals surface area (Å²) in [6.07, 6.45) is 3.91. The second-order valence-corrected chi connectivity index (χ2v) is 8.62. The lowest BCUT2D eigenvalue weighted by Gasteiger charge is -2.22. The van der Waals surface area contributed by atoms with Crippen molar-refractivity contribution in [3.05, 3.63) is 71.5 Å². The van der Waals surface area contributed by atoms with E-state index < -0.39 is 0 Å². The maximum Gasteiger partial charge on any atom is 0.161 e. The van der Waals surface area contributed by atoms with Crippen molar-refractivity contribution in [2.75, 3.05) is 29.1 Å². The van der Waals surface area contributed by atoms with Crippen LogP contribution in [0, 0.1) is 13.8 Å². The van der Waals surface area contributed by atoms with E-state index >= 15 is 0 Å². The number of benzene rings is 2. The minimum absolute atomic E-state index is 0.182. The van der Waals surface area contributed by atoms with E-state index in [-0.39, 0.29) is 6.04 Å². The van der Waals surface area contributed by atoms with Gasteiger partial charge in [-0.1, -0.05) is 23.9 Å². The predicted molar refractivity (Wildman–Crippen MR) is 129 cm³/mol. The van der Waals surface area contributed by atoms with Crippen LogP contribution in [0.1, 0.15) is 36.6 Å². The molecule has 0 fully saturated rings. The van der Waals surface area contributed by atoms with Crippen LogP contribution >= 0.6 is 11.8 Å². The topological polar surface area (TPSA) is 45.5 Å². The molecule has 0 spiro atoms. The van der Waals surface area contributed by atoms with Crippen LogP contribution in [0.25, 0.3) is 5.69 Å². The van der Waals surface area contributed by atoms with Gasteiger partial charge in [0.2, 0.25) is 0 Å². The highest BCUT2D eigenvalue weighted by Crippen LogP contribution is 2.32. The quantitative estimate of drug-likeness (QED) is 0.566. The van der Waals surface area contributed by atoms with E-state index in [4.69, 9.17) is 4.99 Å². The summed E-state index contributed by atoms with van der Waals surface area (Å²) in [4.78, 5) is 7.29. The number of aryl methyl sites for hydroxylation is 2. The second kappa shape index (κ2) is 8.96. The number of hydrogen-bond donors (Lipinski definition) is 1. The Morgan fingerprint density at radius 3 is 2.50 bits per heavy atom. The van der Waals surface area contributed by atoms with Gasteiger partial charge in [-0.15, -0.1) is 0 Å². The minimum atomic E-state index is 0.182. The summed E-state index contributed by atoms with van der Waals surface area (Å²) in [5.74, 6) is 0.957. The van der Waals surface area contributed by atoms with Gasteiger partial charge in [0.25, 0.3) is 0 Å². The molecule has 0 aliphatic carbocycles. The number of nitrogens with zero attached hydrogens (tertiary/aromatic N) is 4. The molecule has 156 valence electrons. The largest absolute Gasteiger partial charge is 0.372 e. The van der Waals surface area contributed by atoms with Gasteiger partial charge in [0.05, 0.1) is 17.9 Å². The smallest absolute Gasteiger partial charge is 0.161 e. The van der Waals surface area contributed by atoms with E-state index in [0.29, 0.717) is 0 Å². The average molecular weight is 420 g/mol. The molecule has 4 rings (SSSR count). The highest BCUT2D eigenvalue weighted by molar-refractivity contribution is 8.14. The molecule has 5 nitrogen and oxygen atoms in total. The molecule has 3 aromatic rings. The number of anilines is 2. The molecule has 1 aliphatic heterocycles. The van der Waals surface area contributed by atoms with Gasteiger partial charge >= 0.3 is 0 Å². The molecule has 1 aliphatic rings. The number of rotatable bonds is 6. The van der Waals surface area contributed by atoms with E-state index in [1.165, 1.54) is 16.8 Å². The number of aliphatic imine (C=N–C) groups is 1. The van der Waals surface area contributed by atoms with Gasteiger partial charge in [0, 0.05) is 36.4 Å². The first kappa shape index (κ1) is 20.5. The van der Waals surface area contributed by atoms with Crippen molar-refractivity contribution in [2.45, 2.75) is 33.7 Å². The Labute approximate surface area is 183 Å². The fraction of sp³-hybridized carbons (Fsp3) is 0.333. The number of hydrogen-bond acceptors (Lipinski definition) is 5. The lowest BCUT2D eigenvalue weighted by atomic mass is 10.1. The molecular weight excluding hydrogens is 390 g/mol. The minimum Gasteiger partial charge on any atom is -0.372 e. The lowest BCUT2D eigenvalue weighted by Crippen LogP contribution is -2.21. The van der Waals surface area contributed by atoms with E-state index in [9.17, 15) is 0 Å². The predicted octanol–water partition coefficient (Wildman–Crippen LogP) is 5.59. The second-order valence-electron chi connectivity index (χ2n) is 7.61. The van der Waals surface area contributed by atoms with Crippen LogP contribution in [-0.4, -0.2) is 33.8 Å². The molecule has 1 unspecified atom stereocenters. The molecule has 1 N–H and O–H groups in total. The number of aromatic nitrogens is 2. The zero-order chi connectivity index (χ0) is 21.1. The number of amidine groups is 1. The SMILES string of the molecule is CCN(CC)c1ccc(NC2=NC(c3ccc(-n4cc(C)cn4)cc3)CS2)c(C)c1. The summed E-state index contributed by atoms with van der Waals surface area (Å²) in [5, 5.41) is 8.90. The zero-order valence-electron chi connectivity index (χ0n) is 18.1. The van der Waals surface area contributed by atoms with Gasteiger partial charge in [-0.3, -0.25) is 4.99 Å². The Morgan fingerprint density at radius 2 is 1.87 bits per heavy atom. The van der Waals surface area contributed by atoms with E-state index in [1.807, 2.05) is 17.1 Å². The van der Waals surface area contributed by atoms with Crippen molar-refractivity contribution in [2.24, 2.45) is 4.99 Å². The van der Waals surface area contributed by atoms with Crippen molar-refractivity contribution in [1.29, 1.82) is 0 Å². The molecule has 0 bridgehead atoms. The molecule has 2 aromatic carbocycles. The monoisotopic (exact) mass is 419 g/mol. The standard InChI is InChI=1S/C24H29N5S/c1-5-28(6-2)21-11-12-22(18(4)13-21)26-24-27-23(16-30-24)19-7-9-20(10-8-19)29-15-17(3)14-25-29/h7-15,23H,5-6,16H2,1-4H3,(H,26,27). The van der Waals surface area contributed by atoms with E-state index in [1.54, 1.807) is 11.8 Å². The van der Waals surface area contributed by atoms with Crippen LogP contribution < -0.4 is 10.2 Å². The molecule has 0 radical (unpaired) electrons. The van der Waals surface area contributed by atoms with Gasteiger partial charge in [-0.05, 0) is 74.7 Å². The molecule has 0 amide bonds. The van der Waals surface area contributed by atoms with Gasteiger partial charge in [0.1, 0.15) is 0 Å². The highest BCUT2D eigenvalue weighted by Gasteiger charge is 2.20. The summed E-state index contributed by atoms with van der Waals surface area (Å²) < 4.78 is 1.91. The van der Waals surface area contributed by atoms with Crippen LogP contribution in [0.3, 0.4) is 0 Å². The molecular formula is C24H29N5S. The molecule has 1 atom stereocenters. The van der Waals surface area contributed by atoms with Crippen LogP contribution in [-0.2, 0) is 0 Å². The lowest BCUT2D eigenvalue weighted by molar-refractivity contribution is 0.841. The summed E-state index contributed by atoms with van der Waals surface area (Å²) >= 11 is 1.78. The summed E-state index contributed by atoms with van der Waals surface area (Å²) in [5.41, 5.74) is 7.11. The molecule has 30 heavy (non-hydrogen) atoms. The van der Waals surface area contributed by atoms with E-state index in [2.05, 4.69) is 85.5 Å². The fourth-order valence-corrected chi connectivity index (χ4v) is 4.67. The van der Waals surface area contributed by atoms with Crippen molar-refractivity contribution >= 4 is 28.3 Å². The Kier molecular flexibility index (Phi) is 6.13. The molecule has 0 saturated heterocycles. The summed E-state index contributed by atoms with van der Waals surface area (Å²) in [6, 6.07) is 15.3.